The van der Waals surface area contributed by atoms with Crippen LogP contribution in [0, 0.1) is 11.8 Å². The number of hydrogen-bond acceptors (Lipinski definition) is 1. The number of ketones is 1. The highest BCUT2D eigenvalue weighted by Crippen LogP contribution is 2.25. The summed E-state index contributed by atoms with van der Waals surface area (Å²) in [5.41, 5.74) is 0. The third-order valence-corrected chi connectivity index (χ3v) is 4.40. The molecular formula is C16H30O. The molecule has 0 N–H and O–H groups in total. The monoisotopic (exact) mass is 238 g/mol. The van der Waals surface area contributed by atoms with Crippen LogP contribution in [0.4, 0.5) is 0 Å². The lowest BCUT2D eigenvalue weighted by Gasteiger charge is -2.21. The van der Waals surface area contributed by atoms with Crippen LogP contribution in [0.1, 0.15) is 84.5 Å². The minimum Gasteiger partial charge on any atom is -0.299 e. The lowest BCUT2D eigenvalue weighted by atomic mass is 9.82. The van der Waals surface area contributed by atoms with Crippen molar-refractivity contribution in [2.24, 2.45) is 11.8 Å². The zero-order chi connectivity index (χ0) is 12.5. The Hall–Kier alpha value is -0.330. The van der Waals surface area contributed by atoms with E-state index in [0.717, 1.165) is 25.7 Å². The minimum absolute atomic E-state index is 0.361. The summed E-state index contributed by atoms with van der Waals surface area (Å²) in [7, 11) is 0. The molecule has 1 rings (SSSR count). The molecule has 0 saturated heterocycles. The molecule has 17 heavy (non-hydrogen) atoms. The number of carbonyl (C=O) groups excluding carboxylic acids is 1. The molecule has 0 aliphatic heterocycles. The van der Waals surface area contributed by atoms with E-state index in [1.165, 1.54) is 44.9 Å². The predicted octanol–water partition coefficient (Wildman–Crippen LogP) is 5.13. The van der Waals surface area contributed by atoms with Gasteiger partial charge in [-0.3, -0.25) is 4.79 Å². The van der Waals surface area contributed by atoms with E-state index >= 15 is 0 Å². The van der Waals surface area contributed by atoms with E-state index in [1.54, 1.807) is 0 Å². The van der Waals surface area contributed by atoms with Crippen LogP contribution < -0.4 is 0 Å². The summed E-state index contributed by atoms with van der Waals surface area (Å²) in [6.07, 6.45) is 13.7. The van der Waals surface area contributed by atoms with Crippen LogP contribution in [0.2, 0.25) is 0 Å². The van der Waals surface area contributed by atoms with Crippen molar-refractivity contribution in [1.29, 1.82) is 0 Å². The molecule has 1 aliphatic carbocycles. The highest BCUT2D eigenvalue weighted by Gasteiger charge is 2.23. The second kappa shape index (κ2) is 8.72. The molecule has 0 aromatic rings. The fourth-order valence-corrected chi connectivity index (χ4v) is 3.09. The zero-order valence-corrected chi connectivity index (χ0v) is 11.8. The van der Waals surface area contributed by atoms with Gasteiger partial charge in [0.15, 0.2) is 0 Å². The van der Waals surface area contributed by atoms with Crippen molar-refractivity contribution in [3.8, 4) is 0 Å². The Bertz CT molecular complexity index is 190. The number of rotatable bonds is 2. The Morgan fingerprint density at radius 2 is 1.12 bits per heavy atom. The molecule has 100 valence electrons. The van der Waals surface area contributed by atoms with Gasteiger partial charge in [0.2, 0.25) is 0 Å². The first kappa shape index (κ1) is 14.7. The fraction of sp³-hybridized carbons (Fsp3) is 0.938. The molecule has 0 bridgehead atoms. The Morgan fingerprint density at radius 1 is 0.765 bits per heavy atom. The largest absolute Gasteiger partial charge is 0.299 e. The van der Waals surface area contributed by atoms with Gasteiger partial charge in [-0.15, -0.1) is 0 Å². The molecule has 1 aliphatic rings. The van der Waals surface area contributed by atoms with Gasteiger partial charge in [0.1, 0.15) is 5.78 Å². The summed E-state index contributed by atoms with van der Waals surface area (Å²) in [6.45, 7) is 4.36. The summed E-state index contributed by atoms with van der Waals surface area (Å²) < 4.78 is 0. The van der Waals surface area contributed by atoms with Crippen molar-refractivity contribution in [3.05, 3.63) is 0 Å². The number of carbonyl (C=O) groups is 1. The second-order valence-corrected chi connectivity index (χ2v) is 5.66. The van der Waals surface area contributed by atoms with Gasteiger partial charge < -0.3 is 0 Å². The topological polar surface area (TPSA) is 17.1 Å². The molecule has 1 saturated carbocycles. The van der Waals surface area contributed by atoms with E-state index in [2.05, 4.69) is 13.8 Å². The van der Waals surface area contributed by atoms with Gasteiger partial charge in [0.25, 0.3) is 0 Å². The normalized spacial score (nSPS) is 29.4. The van der Waals surface area contributed by atoms with Crippen LogP contribution in [0.25, 0.3) is 0 Å². The molecule has 0 aromatic heterocycles. The third-order valence-electron chi connectivity index (χ3n) is 4.40. The van der Waals surface area contributed by atoms with Gasteiger partial charge in [0, 0.05) is 11.8 Å². The number of hydrogen-bond donors (Lipinski definition) is 0. The molecule has 1 heteroatoms. The molecule has 0 aromatic carbocycles. The predicted molar refractivity (Wildman–Crippen MR) is 74.1 cm³/mol. The standard InChI is InChI=1S/C16H30O/c1-3-14-12-10-8-6-5-7-9-11-13-15(4-2)16(14)17/h14-15H,3-13H2,1-2H3/t14-,15?/m1/s1. The molecule has 0 spiro atoms. The third kappa shape index (κ3) is 5.23. The van der Waals surface area contributed by atoms with Gasteiger partial charge in [-0.05, 0) is 25.7 Å². The number of Topliss-reactive ketones (excluding diaryl/α,β-unsaturated/α-hetero) is 1. The molecule has 0 amide bonds. The lowest BCUT2D eigenvalue weighted by molar-refractivity contribution is -0.127. The van der Waals surface area contributed by atoms with Gasteiger partial charge in [-0.1, -0.05) is 58.8 Å². The Labute approximate surface area is 107 Å². The summed E-state index contributed by atoms with van der Waals surface area (Å²) in [6, 6.07) is 0. The minimum atomic E-state index is 0.361. The maximum atomic E-state index is 12.4. The molecule has 2 atom stereocenters. The van der Waals surface area contributed by atoms with Crippen LogP contribution in [0.15, 0.2) is 0 Å². The maximum Gasteiger partial charge on any atom is 0.139 e. The van der Waals surface area contributed by atoms with E-state index in [4.69, 9.17) is 0 Å². The van der Waals surface area contributed by atoms with Crippen molar-refractivity contribution in [2.75, 3.05) is 0 Å². The van der Waals surface area contributed by atoms with Gasteiger partial charge in [-0.25, -0.2) is 0 Å². The first-order valence-electron chi connectivity index (χ1n) is 7.83. The van der Waals surface area contributed by atoms with Crippen LogP contribution in [0.5, 0.6) is 0 Å². The highest BCUT2D eigenvalue weighted by atomic mass is 16.1. The Morgan fingerprint density at radius 3 is 1.47 bits per heavy atom. The van der Waals surface area contributed by atoms with E-state index in [0.29, 0.717) is 17.6 Å². The summed E-state index contributed by atoms with van der Waals surface area (Å²) in [5, 5.41) is 0. The fourth-order valence-electron chi connectivity index (χ4n) is 3.09. The molecule has 1 fully saturated rings. The SMILES string of the molecule is CCC1CCCCCCCCC[C@@H](CC)C1=O. The van der Waals surface area contributed by atoms with E-state index in [-0.39, 0.29) is 0 Å². The average molecular weight is 238 g/mol. The van der Waals surface area contributed by atoms with Gasteiger partial charge >= 0.3 is 0 Å². The molecule has 1 nitrogen and oxygen atoms in total. The summed E-state index contributed by atoms with van der Waals surface area (Å²) in [4.78, 5) is 12.4. The zero-order valence-electron chi connectivity index (χ0n) is 11.8. The van der Waals surface area contributed by atoms with Crippen molar-refractivity contribution in [1.82, 2.24) is 0 Å². The highest BCUT2D eigenvalue weighted by molar-refractivity contribution is 5.83. The van der Waals surface area contributed by atoms with E-state index < -0.39 is 0 Å². The summed E-state index contributed by atoms with van der Waals surface area (Å²) >= 11 is 0. The lowest BCUT2D eigenvalue weighted by Crippen LogP contribution is -2.23. The maximum absolute atomic E-state index is 12.4. The van der Waals surface area contributed by atoms with Gasteiger partial charge in [-0.2, -0.15) is 0 Å². The molecule has 0 radical (unpaired) electrons. The Balaban J connectivity index is 2.55. The van der Waals surface area contributed by atoms with E-state index in [9.17, 15) is 4.79 Å². The van der Waals surface area contributed by atoms with Crippen LogP contribution >= 0.6 is 0 Å². The summed E-state index contributed by atoms with van der Waals surface area (Å²) in [5.74, 6) is 1.30. The van der Waals surface area contributed by atoms with Crippen LogP contribution in [0.3, 0.4) is 0 Å². The smallest absolute Gasteiger partial charge is 0.139 e. The van der Waals surface area contributed by atoms with Crippen molar-refractivity contribution in [2.45, 2.75) is 84.5 Å². The molecule has 1 unspecified atom stereocenters. The van der Waals surface area contributed by atoms with Crippen LogP contribution in [-0.4, -0.2) is 5.78 Å². The second-order valence-electron chi connectivity index (χ2n) is 5.66. The van der Waals surface area contributed by atoms with Crippen LogP contribution in [-0.2, 0) is 4.79 Å². The average Bonchev–Trinajstić information content (AvgIpc) is 2.34. The molecular weight excluding hydrogens is 208 g/mol. The Kier molecular flexibility index (Phi) is 7.55. The molecule has 0 heterocycles. The van der Waals surface area contributed by atoms with Crippen molar-refractivity contribution in [3.63, 3.8) is 0 Å². The first-order valence-corrected chi connectivity index (χ1v) is 7.83. The van der Waals surface area contributed by atoms with Gasteiger partial charge in [0.05, 0.1) is 0 Å². The first-order chi connectivity index (χ1) is 8.29. The quantitative estimate of drug-likeness (QED) is 0.651. The van der Waals surface area contributed by atoms with Crippen molar-refractivity contribution < 1.29 is 4.79 Å². The van der Waals surface area contributed by atoms with E-state index in [1.807, 2.05) is 0 Å². The van der Waals surface area contributed by atoms with Crippen molar-refractivity contribution >= 4 is 5.78 Å².